The zero-order valence-electron chi connectivity index (χ0n) is 11.6. The first kappa shape index (κ1) is 14.9. The van der Waals surface area contributed by atoms with Gasteiger partial charge in [0.05, 0.1) is 16.8 Å². The van der Waals surface area contributed by atoms with Gasteiger partial charge in [0.25, 0.3) is 0 Å². The van der Waals surface area contributed by atoms with Crippen LogP contribution in [0.4, 0.5) is 4.39 Å². The lowest BCUT2D eigenvalue weighted by Crippen LogP contribution is -2.00. The van der Waals surface area contributed by atoms with Crippen LogP contribution in [0.5, 0.6) is 5.75 Å². The van der Waals surface area contributed by atoms with Crippen molar-refractivity contribution in [3.63, 3.8) is 0 Å². The topological polar surface area (TPSA) is 42.4 Å². The van der Waals surface area contributed by atoms with Crippen LogP contribution in [0.2, 0.25) is 0 Å². The van der Waals surface area contributed by atoms with Crippen molar-refractivity contribution in [2.75, 3.05) is 0 Å². The van der Waals surface area contributed by atoms with Crippen molar-refractivity contribution < 1.29 is 14.2 Å². The summed E-state index contributed by atoms with van der Waals surface area (Å²) < 4.78 is 19.2. The molecule has 0 fully saturated rings. The molecule has 0 saturated heterocycles. The van der Waals surface area contributed by atoms with Crippen LogP contribution in [0.1, 0.15) is 42.6 Å². The van der Waals surface area contributed by atoms with Crippen molar-refractivity contribution in [3.8, 4) is 5.75 Å². The Kier molecular flexibility index (Phi) is 5.09. The minimum absolute atomic E-state index is 0.180. The van der Waals surface area contributed by atoms with Gasteiger partial charge in [-0.15, -0.1) is 11.3 Å². The van der Waals surface area contributed by atoms with E-state index in [1.807, 2.05) is 5.38 Å². The number of hydrogen-bond donors (Lipinski definition) is 1. The van der Waals surface area contributed by atoms with Crippen molar-refractivity contribution in [1.82, 2.24) is 4.98 Å². The molecule has 0 saturated carbocycles. The van der Waals surface area contributed by atoms with Crippen LogP contribution in [0.15, 0.2) is 23.6 Å². The van der Waals surface area contributed by atoms with Crippen molar-refractivity contribution in [1.29, 1.82) is 0 Å². The quantitative estimate of drug-likeness (QED) is 0.879. The van der Waals surface area contributed by atoms with Crippen LogP contribution >= 0.6 is 11.3 Å². The lowest BCUT2D eigenvalue weighted by Gasteiger charge is -2.09. The fourth-order valence-corrected chi connectivity index (χ4v) is 2.67. The number of thiazole rings is 1. The lowest BCUT2D eigenvalue weighted by atomic mass is 10.1. The molecule has 0 aliphatic rings. The van der Waals surface area contributed by atoms with E-state index in [-0.39, 0.29) is 12.4 Å². The molecule has 0 bridgehead atoms. The van der Waals surface area contributed by atoms with Crippen LogP contribution in [0.3, 0.4) is 0 Å². The maximum Gasteiger partial charge on any atom is 0.165 e. The number of ether oxygens (including phenoxy) is 1. The van der Waals surface area contributed by atoms with Crippen LogP contribution in [-0.4, -0.2) is 10.1 Å². The number of nitrogens with zero attached hydrogens (tertiary/aromatic N) is 1. The van der Waals surface area contributed by atoms with Gasteiger partial charge in [-0.2, -0.15) is 0 Å². The van der Waals surface area contributed by atoms with Crippen LogP contribution in [-0.2, 0) is 13.0 Å². The molecule has 20 heavy (non-hydrogen) atoms. The third-order valence-electron chi connectivity index (χ3n) is 2.88. The number of benzene rings is 1. The largest absolute Gasteiger partial charge is 0.484 e. The van der Waals surface area contributed by atoms with Gasteiger partial charge in [0, 0.05) is 5.38 Å². The average Bonchev–Trinajstić information content (AvgIpc) is 2.85. The van der Waals surface area contributed by atoms with Gasteiger partial charge in [0.15, 0.2) is 11.6 Å². The van der Waals surface area contributed by atoms with Crippen molar-refractivity contribution in [3.05, 3.63) is 45.7 Å². The second-order valence-electron chi connectivity index (χ2n) is 4.64. The highest BCUT2D eigenvalue weighted by atomic mass is 32.1. The zero-order chi connectivity index (χ0) is 14.5. The summed E-state index contributed by atoms with van der Waals surface area (Å²) in [5.74, 6) is -0.285. The Hall–Kier alpha value is -1.46. The van der Waals surface area contributed by atoms with Gasteiger partial charge in [0.2, 0.25) is 0 Å². The number of halogens is 1. The summed E-state index contributed by atoms with van der Waals surface area (Å²) in [4.78, 5) is 4.42. The third-order valence-corrected chi connectivity index (χ3v) is 3.83. The fourth-order valence-electron chi connectivity index (χ4n) is 1.79. The number of aryl methyl sites for hydroxylation is 1. The molecule has 3 nitrogen and oxygen atoms in total. The molecular weight excluding hydrogens is 277 g/mol. The minimum atomic E-state index is -0.686. The molecule has 1 aromatic carbocycles. The molecule has 0 radical (unpaired) electrons. The Morgan fingerprint density at radius 3 is 2.90 bits per heavy atom. The van der Waals surface area contributed by atoms with Crippen molar-refractivity contribution in [2.24, 2.45) is 0 Å². The molecule has 5 heteroatoms. The summed E-state index contributed by atoms with van der Waals surface area (Å²) in [7, 11) is 0. The number of rotatable bonds is 6. The van der Waals surface area contributed by atoms with E-state index < -0.39 is 11.9 Å². The smallest absolute Gasteiger partial charge is 0.165 e. The molecule has 1 N–H and O–H groups in total. The molecule has 2 aromatic rings. The summed E-state index contributed by atoms with van der Waals surface area (Å²) in [6.07, 6.45) is 1.33. The fraction of sp³-hybridized carbons (Fsp3) is 0.400. The van der Waals surface area contributed by atoms with E-state index in [1.165, 1.54) is 12.1 Å². The molecular formula is C15H18FNO2S. The first-order valence-corrected chi connectivity index (χ1v) is 7.51. The second-order valence-corrected chi connectivity index (χ2v) is 5.58. The number of aromatic nitrogens is 1. The van der Waals surface area contributed by atoms with E-state index in [0.29, 0.717) is 5.56 Å². The normalized spacial score (nSPS) is 12.4. The Morgan fingerprint density at radius 2 is 2.25 bits per heavy atom. The van der Waals surface area contributed by atoms with E-state index in [4.69, 9.17) is 4.74 Å². The number of aliphatic hydroxyl groups is 1. The predicted octanol–water partition coefficient (Wildman–Crippen LogP) is 3.87. The van der Waals surface area contributed by atoms with Gasteiger partial charge in [-0.05, 0) is 37.5 Å². The van der Waals surface area contributed by atoms with Gasteiger partial charge in [-0.1, -0.05) is 13.0 Å². The zero-order valence-corrected chi connectivity index (χ0v) is 12.4. The van der Waals surface area contributed by atoms with E-state index in [9.17, 15) is 9.50 Å². The van der Waals surface area contributed by atoms with E-state index in [1.54, 1.807) is 24.3 Å². The molecule has 1 atom stereocenters. The average molecular weight is 295 g/mol. The molecule has 0 unspecified atom stereocenters. The molecule has 1 aromatic heterocycles. The van der Waals surface area contributed by atoms with E-state index >= 15 is 0 Å². The summed E-state index contributed by atoms with van der Waals surface area (Å²) in [5.41, 5.74) is 1.35. The minimum Gasteiger partial charge on any atom is -0.484 e. The first-order valence-electron chi connectivity index (χ1n) is 6.63. The maximum absolute atomic E-state index is 13.8. The van der Waals surface area contributed by atoms with Gasteiger partial charge < -0.3 is 9.84 Å². The van der Waals surface area contributed by atoms with Gasteiger partial charge in [0.1, 0.15) is 6.61 Å². The summed E-state index contributed by atoms with van der Waals surface area (Å²) in [5, 5.41) is 12.4. The molecule has 0 amide bonds. The highest BCUT2D eigenvalue weighted by Crippen LogP contribution is 2.23. The monoisotopic (exact) mass is 295 g/mol. The number of hydrogen-bond acceptors (Lipinski definition) is 4. The third kappa shape index (κ3) is 3.77. The lowest BCUT2D eigenvalue weighted by molar-refractivity contribution is 0.198. The van der Waals surface area contributed by atoms with Crippen LogP contribution < -0.4 is 4.74 Å². The second kappa shape index (κ2) is 6.81. The predicted molar refractivity (Wildman–Crippen MR) is 77.5 cm³/mol. The summed E-state index contributed by atoms with van der Waals surface area (Å²) in [6.45, 7) is 3.96. The van der Waals surface area contributed by atoms with Gasteiger partial charge in [-0.25, -0.2) is 9.37 Å². The Labute approximate surface area is 122 Å². The van der Waals surface area contributed by atoms with Crippen LogP contribution in [0, 0.1) is 5.82 Å². The van der Waals surface area contributed by atoms with Crippen molar-refractivity contribution >= 4 is 11.3 Å². The first-order chi connectivity index (χ1) is 9.60. The van der Waals surface area contributed by atoms with Gasteiger partial charge >= 0.3 is 0 Å². The molecule has 108 valence electrons. The Bertz CT molecular complexity index is 569. The highest BCUT2D eigenvalue weighted by molar-refractivity contribution is 7.09. The summed E-state index contributed by atoms with van der Waals surface area (Å²) >= 11 is 1.60. The molecule has 0 aliphatic heterocycles. The van der Waals surface area contributed by atoms with E-state index in [2.05, 4.69) is 11.9 Å². The van der Waals surface area contributed by atoms with Crippen LogP contribution in [0.25, 0.3) is 0 Å². The SMILES string of the molecule is CCCc1nc(COc2ccc([C@H](C)O)cc2F)cs1. The van der Waals surface area contributed by atoms with Crippen molar-refractivity contribution in [2.45, 2.75) is 39.4 Å². The summed E-state index contributed by atoms with van der Waals surface area (Å²) in [6, 6.07) is 4.49. The Balaban J connectivity index is 1.99. The Morgan fingerprint density at radius 1 is 1.45 bits per heavy atom. The van der Waals surface area contributed by atoms with E-state index in [0.717, 1.165) is 23.5 Å². The van der Waals surface area contributed by atoms with Gasteiger partial charge in [-0.3, -0.25) is 0 Å². The molecule has 0 spiro atoms. The molecule has 0 aliphatic carbocycles. The maximum atomic E-state index is 13.8. The highest BCUT2D eigenvalue weighted by Gasteiger charge is 2.09. The molecule has 1 heterocycles. The number of aliphatic hydroxyl groups excluding tert-OH is 1. The molecule has 2 rings (SSSR count). The standard InChI is InChI=1S/C15H18FNO2S/c1-3-4-15-17-12(9-20-15)8-19-14-6-5-11(10(2)18)7-13(14)16/h5-7,9-10,18H,3-4,8H2,1-2H3/t10-/m0/s1.